The summed E-state index contributed by atoms with van der Waals surface area (Å²) in [7, 11) is 5.97. The van der Waals surface area contributed by atoms with Crippen LogP contribution < -0.4 is 0 Å². The van der Waals surface area contributed by atoms with Crippen molar-refractivity contribution in [3.05, 3.63) is 146 Å². The molecule has 0 bridgehead atoms. The minimum absolute atomic E-state index is 0.181. The van der Waals surface area contributed by atoms with Crippen molar-refractivity contribution in [3.63, 3.8) is 0 Å². The fourth-order valence-electron chi connectivity index (χ4n) is 9.32. The molecule has 0 aromatic rings. The Kier molecular flexibility index (Phi) is 63.4. The average molecular weight is 1210 g/mol. The van der Waals surface area contributed by atoms with E-state index in [2.05, 4.69) is 160 Å². The van der Waals surface area contributed by atoms with Gasteiger partial charge in [0.15, 0.2) is 6.10 Å². The Morgan fingerprint density at radius 3 is 0.920 bits per heavy atom. The molecule has 0 rings (SSSR count). The Hall–Kier alpha value is -4.83. The lowest BCUT2D eigenvalue weighted by atomic mass is 10.0. The van der Waals surface area contributed by atoms with Crippen molar-refractivity contribution in [3.8, 4) is 0 Å². The monoisotopic (exact) mass is 1210 g/mol. The molecule has 9 heteroatoms. The quantitative estimate of drug-likeness (QED) is 0.0211. The Morgan fingerprint density at radius 1 is 0.345 bits per heavy atom. The molecule has 0 radical (unpaired) electrons. The molecule has 0 aromatic heterocycles. The number of ether oxygens (including phenoxy) is 4. The van der Waals surface area contributed by atoms with Gasteiger partial charge in [-0.3, -0.25) is 9.59 Å². The van der Waals surface area contributed by atoms with Crippen molar-refractivity contribution in [1.82, 2.24) is 0 Å². The highest BCUT2D eigenvalue weighted by Crippen LogP contribution is 2.16. The molecule has 2 unspecified atom stereocenters. The first kappa shape index (κ1) is 82.2. The summed E-state index contributed by atoms with van der Waals surface area (Å²) in [5, 5.41) is 9.75. The van der Waals surface area contributed by atoms with Crippen LogP contribution in [0.25, 0.3) is 0 Å². The number of hydrogen-bond acceptors (Lipinski definition) is 7. The van der Waals surface area contributed by atoms with Crippen molar-refractivity contribution in [1.29, 1.82) is 0 Å². The average Bonchev–Trinajstić information content (AvgIpc) is 3.57. The first-order valence-corrected chi connectivity index (χ1v) is 35.0. The van der Waals surface area contributed by atoms with Crippen LogP contribution in [0, 0.1) is 0 Å². The van der Waals surface area contributed by atoms with Crippen LogP contribution in [-0.2, 0) is 33.3 Å². The molecule has 1 N–H and O–H groups in total. The van der Waals surface area contributed by atoms with E-state index in [0.717, 1.165) is 116 Å². The van der Waals surface area contributed by atoms with Gasteiger partial charge in [-0.15, -0.1) is 0 Å². The van der Waals surface area contributed by atoms with Crippen molar-refractivity contribution < 1.29 is 42.9 Å². The van der Waals surface area contributed by atoms with E-state index in [4.69, 9.17) is 18.9 Å². The fraction of sp³-hybridized carbons (Fsp3) is 0.654. The number of likely N-dealkylation sites (N-methyl/N-ethyl adjacent to an activating group) is 1. The number of esters is 2. The van der Waals surface area contributed by atoms with Crippen molar-refractivity contribution in [2.24, 2.45) is 0 Å². The van der Waals surface area contributed by atoms with E-state index in [-0.39, 0.29) is 32.2 Å². The van der Waals surface area contributed by atoms with Gasteiger partial charge in [-0.25, -0.2) is 4.79 Å². The summed E-state index contributed by atoms with van der Waals surface area (Å²) < 4.78 is 23.0. The minimum Gasteiger partial charge on any atom is -0.477 e. The molecule has 0 aliphatic carbocycles. The van der Waals surface area contributed by atoms with E-state index in [9.17, 15) is 19.5 Å². The summed E-state index contributed by atoms with van der Waals surface area (Å²) in [4.78, 5) is 37.6. The van der Waals surface area contributed by atoms with E-state index in [1.54, 1.807) is 0 Å². The number of allylic oxidation sites excluding steroid dienone is 24. The van der Waals surface area contributed by atoms with Gasteiger partial charge in [-0.2, -0.15) is 0 Å². The summed E-state index contributed by atoms with van der Waals surface area (Å²) in [5.74, 6) is -2.01. The number of nitrogens with zero attached hydrogens (tertiary/aromatic N) is 1. The smallest absolute Gasteiger partial charge is 0.361 e. The summed E-state index contributed by atoms with van der Waals surface area (Å²) in [6.45, 7) is 4.65. The highest BCUT2D eigenvalue weighted by Gasteiger charge is 2.25. The molecular formula is C78H130NO8+. The second-order valence-electron chi connectivity index (χ2n) is 24.1. The molecule has 9 nitrogen and oxygen atoms in total. The van der Waals surface area contributed by atoms with E-state index in [1.807, 2.05) is 21.1 Å². The molecule has 0 saturated heterocycles. The third kappa shape index (κ3) is 68.5. The zero-order chi connectivity index (χ0) is 63.3. The van der Waals surface area contributed by atoms with Crippen LogP contribution in [0.3, 0.4) is 0 Å². The molecule has 0 fully saturated rings. The summed E-state index contributed by atoms with van der Waals surface area (Å²) >= 11 is 0. The first-order valence-electron chi connectivity index (χ1n) is 35.0. The normalized spacial score (nSPS) is 13.6. The van der Waals surface area contributed by atoms with E-state index in [0.29, 0.717) is 23.9 Å². The van der Waals surface area contributed by atoms with Gasteiger partial charge in [0.25, 0.3) is 6.29 Å². The van der Waals surface area contributed by atoms with Gasteiger partial charge in [0.05, 0.1) is 34.4 Å². The van der Waals surface area contributed by atoms with E-state index < -0.39 is 24.3 Å². The maximum Gasteiger partial charge on any atom is 0.361 e. The van der Waals surface area contributed by atoms with Crippen LogP contribution in [0.2, 0.25) is 0 Å². The van der Waals surface area contributed by atoms with Crippen molar-refractivity contribution in [2.45, 2.75) is 283 Å². The van der Waals surface area contributed by atoms with Gasteiger partial charge >= 0.3 is 17.9 Å². The van der Waals surface area contributed by atoms with Gasteiger partial charge in [-0.1, -0.05) is 288 Å². The second kappa shape index (κ2) is 67.1. The lowest BCUT2D eigenvalue weighted by Crippen LogP contribution is -2.40. The lowest BCUT2D eigenvalue weighted by molar-refractivity contribution is -0.870. The number of carboxylic acids is 1. The van der Waals surface area contributed by atoms with Crippen molar-refractivity contribution in [2.75, 3.05) is 47.5 Å². The predicted octanol–water partition coefficient (Wildman–Crippen LogP) is 21.9. The summed E-state index contributed by atoms with van der Waals surface area (Å²) in [5.41, 5.74) is 0. The summed E-state index contributed by atoms with van der Waals surface area (Å²) in [6.07, 6.45) is 95.2. The first-order chi connectivity index (χ1) is 42.6. The van der Waals surface area contributed by atoms with Crippen LogP contribution in [0.5, 0.6) is 0 Å². The maximum atomic E-state index is 13.0. The number of hydrogen-bond donors (Lipinski definition) is 1. The standard InChI is InChI=1S/C78H129NO8/c1-6-8-10-12-14-16-18-20-22-24-26-28-30-32-33-34-35-36-37-38-39-40-41-42-43-45-47-49-51-53-55-57-59-61-63-65-67-69-76(81)87-74(73-86-78(77(82)83)84-71-70-79(3,4)5)72-85-75(80)68-66-64-62-60-58-56-54-52-50-48-46-44-31-29-27-25-23-21-19-17-15-13-11-9-7-2/h8-11,14-17,20-23,26-29,32-33,35-36,38-39,41-42,74,78H,6-7,12-13,18-19,24-25,30-31,34,37,40,43-73H2,1-5H3/p+1/b10-8-,11-9-,16-14-,17-15-,22-20-,23-21-,28-26-,29-27-,33-32-,36-35-,39-38-,42-41-. The number of aliphatic carboxylic acids is 1. The molecular weight excluding hydrogens is 1080 g/mol. The molecule has 0 aromatic carbocycles. The zero-order valence-corrected chi connectivity index (χ0v) is 56.4. The minimum atomic E-state index is -1.52. The van der Waals surface area contributed by atoms with Crippen LogP contribution in [-0.4, -0.2) is 87.4 Å². The van der Waals surface area contributed by atoms with Crippen LogP contribution in [0.15, 0.2) is 146 Å². The molecule has 0 amide bonds. The van der Waals surface area contributed by atoms with Gasteiger partial charge in [0, 0.05) is 12.8 Å². The fourth-order valence-corrected chi connectivity index (χ4v) is 9.32. The van der Waals surface area contributed by atoms with Gasteiger partial charge in [-0.05, 0) is 116 Å². The Morgan fingerprint density at radius 2 is 0.621 bits per heavy atom. The molecule has 0 heterocycles. The number of carbonyl (C=O) groups is 3. The van der Waals surface area contributed by atoms with Gasteiger partial charge in [0.1, 0.15) is 13.2 Å². The molecule has 0 aliphatic heterocycles. The molecule has 0 spiro atoms. The Bertz CT molecular complexity index is 1940. The predicted molar refractivity (Wildman–Crippen MR) is 373 cm³/mol. The Balaban J connectivity index is 4.15. The number of carboxylic acid groups (broad SMARTS) is 1. The number of quaternary nitrogens is 1. The molecule has 0 aliphatic rings. The lowest BCUT2D eigenvalue weighted by Gasteiger charge is -2.25. The third-order valence-electron chi connectivity index (χ3n) is 14.6. The molecule has 2 atom stereocenters. The molecule has 0 saturated carbocycles. The second-order valence-corrected chi connectivity index (χ2v) is 24.1. The van der Waals surface area contributed by atoms with Crippen LogP contribution >= 0.6 is 0 Å². The van der Waals surface area contributed by atoms with E-state index >= 15 is 0 Å². The molecule has 494 valence electrons. The molecule has 87 heavy (non-hydrogen) atoms. The zero-order valence-electron chi connectivity index (χ0n) is 56.4. The maximum absolute atomic E-state index is 13.0. The number of unbranched alkanes of at least 4 members (excludes halogenated alkanes) is 24. The van der Waals surface area contributed by atoms with Crippen molar-refractivity contribution >= 4 is 17.9 Å². The van der Waals surface area contributed by atoms with Crippen LogP contribution in [0.1, 0.15) is 271 Å². The van der Waals surface area contributed by atoms with E-state index in [1.165, 1.54) is 122 Å². The topological polar surface area (TPSA) is 108 Å². The third-order valence-corrected chi connectivity index (χ3v) is 14.6. The van der Waals surface area contributed by atoms with Gasteiger partial charge in [0.2, 0.25) is 0 Å². The number of rotatable bonds is 63. The SMILES string of the molecule is CC/C=C\C/C=C\C/C=C\C/C=C\C/C=C\C/C=C\C/C=C\C/C=C\CCCCCCCCCCCCCCC(=O)OC(COC(=O)CCCCCCCCCCCCCC/C=C\C/C=C\C/C=C\C/C=C\CC)COC(OCC[N+](C)(C)C)C(=O)O. The van der Waals surface area contributed by atoms with Crippen LogP contribution in [0.4, 0.5) is 0 Å². The van der Waals surface area contributed by atoms with Gasteiger partial charge < -0.3 is 28.5 Å². The largest absolute Gasteiger partial charge is 0.477 e. The highest BCUT2D eigenvalue weighted by molar-refractivity contribution is 5.71. The Labute approximate surface area is 534 Å². The number of carbonyl (C=O) groups excluding carboxylic acids is 2. The summed E-state index contributed by atoms with van der Waals surface area (Å²) in [6, 6.07) is 0. The highest BCUT2D eigenvalue weighted by atomic mass is 16.7.